The Bertz CT molecular complexity index is 529. The fourth-order valence-electron chi connectivity index (χ4n) is 4.25. The summed E-state index contributed by atoms with van der Waals surface area (Å²) in [6, 6.07) is 10.5. The van der Waals surface area contributed by atoms with Crippen LogP contribution in [-0.2, 0) is 4.74 Å². The van der Waals surface area contributed by atoms with Gasteiger partial charge in [-0.1, -0.05) is 31.0 Å². The molecule has 2 fully saturated rings. The number of hydrogen-bond acceptors (Lipinski definition) is 4. The van der Waals surface area contributed by atoms with Gasteiger partial charge in [0.15, 0.2) is 0 Å². The number of fused-ring (bicyclic) bond motifs is 1. The Morgan fingerprint density at radius 2 is 1.92 bits per heavy atom. The highest BCUT2D eigenvalue weighted by atomic mass is 35.5. The van der Waals surface area contributed by atoms with Crippen LogP contribution >= 0.6 is 12.4 Å². The van der Waals surface area contributed by atoms with Crippen LogP contribution in [0.25, 0.3) is 0 Å². The average molecular weight is 369 g/mol. The molecule has 1 saturated carbocycles. The largest absolute Gasteiger partial charge is 0.494 e. The van der Waals surface area contributed by atoms with Gasteiger partial charge in [-0.25, -0.2) is 4.79 Å². The Labute approximate surface area is 156 Å². The van der Waals surface area contributed by atoms with E-state index in [0.29, 0.717) is 12.0 Å². The van der Waals surface area contributed by atoms with E-state index in [0.717, 1.165) is 44.7 Å². The molecular formula is C19H29ClN2O3. The minimum Gasteiger partial charge on any atom is -0.494 e. The van der Waals surface area contributed by atoms with Crippen LogP contribution in [-0.4, -0.2) is 42.8 Å². The summed E-state index contributed by atoms with van der Waals surface area (Å²) < 4.78 is 11.2. The molecular weight excluding hydrogens is 340 g/mol. The second-order valence-corrected chi connectivity index (χ2v) is 6.83. The maximum atomic E-state index is 11.1. The molecule has 1 unspecified atom stereocenters. The summed E-state index contributed by atoms with van der Waals surface area (Å²) >= 11 is 0. The highest BCUT2D eigenvalue weighted by Crippen LogP contribution is 2.37. The van der Waals surface area contributed by atoms with Gasteiger partial charge in [-0.3, -0.25) is 4.90 Å². The van der Waals surface area contributed by atoms with E-state index in [1.165, 1.54) is 19.3 Å². The summed E-state index contributed by atoms with van der Waals surface area (Å²) in [4.78, 5) is 13.7. The van der Waals surface area contributed by atoms with E-state index in [-0.39, 0.29) is 18.5 Å². The standard InChI is InChI=1S/C19H28N2O3.ClH/c20-19(22)24-18-11-13-21(17-10-5-4-9-16(17)18)12-6-14-23-15-7-2-1-3-8-15;/h1-3,7-8,16-18H,4-6,9-14H2,(H2,20,22);1H/t16-,17?,18+;/m1./s1. The first-order chi connectivity index (χ1) is 11.7. The summed E-state index contributed by atoms with van der Waals surface area (Å²) in [5.41, 5.74) is 5.24. The number of piperidine rings is 1. The lowest BCUT2D eigenvalue weighted by Gasteiger charge is -2.47. The second kappa shape index (κ2) is 9.88. The van der Waals surface area contributed by atoms with Crippen molar-refractivity contribution in [2.75, 3.05) is 19.7 Å². The molecule has 1 amide bonds. The molecule has 0 aromatic heterocycles. The molecule has 0 bridgehead atoms. The van der Waals surface area contributed by atoms with E-state index in [1.807, 2.05) is 30.3 Å². The van der Waals surface area contributed by atoms with Crippen LogP contribution < -0.4 is 10.5 Å². The lowest BCUT2D eigenvalue weighted by Crippen LogP contribution is -2.54. The van der Waals surface area contributed by atoms with Gasteiger partial charge in [0.1, 0.15) is 11.9 Å². The van der Waals surface area contributed by atoms with Crippen LogP contribution in [0.1, 0.15) is 38.5 Å². The Morgan fingerprint density at radius 3 is 2.68 bits per heavy atom. The van der Waals surface area contributed by atoms with Crippen molar-refractivity contribution in [3.63, 3.8) is 0 Å². The number of para-hydroxylation sites is 1. The van der Waals surface area contributed by atoms with Crippen LogP contribution in [0, 0.1) is 5.92 Å². The summed E-state index contributed by atoms with van der Waals surface area (Å²) in [5.74, 6) is 1.37. The lowest BCUT2D eigenvalue weighted by atomic mass is 9.76. The van der Waals surface area contributed by atoms with Crippen molar-refractivity contribution < 1.29 is 14.3 Å². The number of likely N-dealkylation sites (tertiary alicyclic amines) is 1. The first kappa shape index (κ1) is 19.9. The number of amides is 1. The number of primary amides is 1. The minimum atomic E-state index is -0.631. The first-order valence-electron chi connectivity index (χ1n) is 9.12. The van der Waals surface area contributed by atoms with Crippen molar-refractivity contribution in [3.05, 3.63) is 30.3 Å². The maximum Gasteiger partial charge on any atom is 0.404 e. The van der Waals surface area contributed by atoms with Gasteiger partial charge < -0.3 is 15.2 Å². The first-order valence-corrected chi connectivity index (χ1v) is 9.12. The predicted octanol–water partition coefficient (Wildman–Crippen LogP) is 3.61. The number of carbonyl (C=O) groups is 1. The molecule has 25 heavy (non-hydrogen) atoms. The normalized spacial score (nSPS) is 26.2. The van der Waals surface area contributed by atoms with Gasteiger partial charge in [0.05, 0.1) is 6.61 Å². The van der Waals surface area contributed by atoms with Crippen molar-refractivity contribution in [2.45, 2.75) is 50.7 Å². The van der Waals surface area contributed by atoms with Crippen LogP contribution in [0.3, 0.4) is 0 Å². The van der Waals surface area contributed by atoms with Gasteiger partial charge in [-0.2, -0.15) is 0 Å². The van der Waals surface area contributed by atoms with E-state index >= 15 is 0 Å². The number of benzene rings is 1. The van der Waals surface area contributed by atoms with Gasteiger partial charge in [0.2, 0.25) is 0 Å². The predicted molar refractivity (Wildman–Crippen MR) is 100 cm³/mol. The van der Waals surface area contributed by atoms with Crippen molar-refractivity contribution in [2.24, 2.45) is 11.7 Å². The van der Waals surface area contributed by atoms with Crippen molar-refractivity contribution in [1.29, 1.82) is 0 Å². The Balaban J connectivity index is 0.00000225. The monoisotopic (exact) mass is 368 g/mol. The minimum absolute atomic E-state index is 0. The molecule has 5 nitrogen and oxygen atoms in total. The zero-order valence-electron chi connectivity index (χ0n) is 14.6. The van der Waals surface area contributed by atoms with E-state index in [1.54, 1.807) is 0 Å². The Morgan fingerprint density at radius 1 is 1.16 bits per heavy atom. The van der Waals surface area contributed by atoms with Gasteiger partial charge in [-0.15, -0.1) is 12.4 Å². The highest BCUT2D eigenvalue weighted by molar-refractivity contribution is 5.85. The summed E-state index contributed by atoms with van der Waals surface area (Å²) in [6.07, 6.45) is 6.11. The highest BCUT2D eigenvalue weighted by Gasteiger charge is 2.40. The molecule has 1 aromatic rings. The average Bonchev–Trinajstić information content (AvgIpc) is 2.61. The van der Waals surface area contributed by atoms with Crippen LogP contribution in [0.2, 0.25) is 0 Å². The van der Waals surface area contributed by atoms with Gasteiger partial charge in [0.25, 0.3) is 0 Å². The fourth-order valence-corrected chi connectivity index (χ4v) is 4.25. The van der Waals surface area contributed by atoms with Gasteiger partial charge in [-0.05, 0) is 37.8 Å². The van der Waals surface area contributed by atoms with Crippen molar-refractivity contribution in [1.82, 2.24) is 4.90 Å². The molecule has 2 N–H and O–H groups in total. The smallest absolute Gasteiger partial charge is 0.404 e. The summed E-state index contributed by atoms with van der Waals surface area (Å²) in [7, 11) is 0. The summed E-state index contributed by atoms with van der Waals surface area (Å²) in [5, 5.41) is 0. The number of ether oxygens (including phenoxy) is 2. The fraction of sp³-hybridized carbons (Fsp3) is 0.632. The third kappa shape index (κ3) is 5.51. The van der Waals surface area contributed by atoms with E-state index in [2.05, 4.69) is 4.90 Å². The molecule has 1 aliphatic carbocycles. The Kier molecular flexibility index (Phi) is 7.85. The molecule has 1 aromatic carbocycles. The Hall–Kier alpha value is -1.46. The molecule has 3 atom stereocenters. The lowest BCUT2D eigenvalue weighted by molar-refractivity contribution is -0.0423. The molecule has 140 valence electrons. The zero-order valence-corrected chi connectivity index (χ0v) is 15.5. The molecule has 1 heterocycles. The van der Waals surface area contributed by atoms with Crippen molar-refractivity contribution >= 4 is 18.5 Å². The van der Waals surface area contributed by atoms with E-state index in [9.17, 15) is 4.79 Å². The topological polar surface area (TPSA) is 64.8 Å². The number of rotatable bonds is 6. The van der Waals surface area contributed by atoms with E-state index in [4.69, 9.17) is 15.2 Å². The van der Waals surface area contributed by atoms with Crippen LogP contribution in [0.5, 0.6) is 5.75 Å². The number of nitrogens with zero attached hydrogens (tertiary/aromatic N) is 1. The third-order valence-corrected chi connectivity index (χ3v) is 5.30. The molecule has 1 aliphatic heterocycles. The van der Waals surface area contributed by atoms with Gasteiger partial charge in [0, 0.05) is 25.0 Å². The number of carbonyl (C=O) groups excluding carboxylic acids is 1. The zero-order chi connectivity index (χ0) is 16.8. The molecule has 0 radical (unpaired) electrons. The second-order valence-electron chi connectivity index (χ2n) is 6.83. The summed E-state index contributed by atoms with van der Waals surface area (Å²) in [6.45, 7) is 2.75. The van der Waals surface area contributed by atoms with E-state index < -0.39 is 6.09 Å². The third-order valence-electron chi connectivity index (χ3n) is 5.30. The quantitative estimate of drug-likeness (QED) is 0.779. The maximum absolute atomic E-state index is 11.1. The van der Waals surface area contributed by atoms with Crippen molar-refractivity contribution in [3.8, 4) is 5.75 Å². The molecule has 1 saturated heterocycles. The van der Waals surface area contributed by atoms with Crippen LogP contribution in [0.4, 0.5) is 4.79 Å². The molecule has 3 rings (SSSR count). The number of hydrogen-bond donors (Lipinski definition) is 1. The molecule has 6 heteroatoms. The molecule has 2 aliphatic rings. The number of nitrogens with two attached hydrogens (primary N) is 1. The van der Waals surface area contributed by atoms with Crippen LogP contribution in [0.15, 0.2) is 30.3 Å². The number of halogens is 1. The van der Waals surface area contributed by atoms with Gasteiger partial charge >= 0.3 is 6.09 Å². The molecule has 0 spiro atoms. The SMILES string of the molecule is Cl.NC(=O)O[C@H]1CCN(CCCOc2ccccc2)C2CCCC[C@H]21.